The number of ether oxygens (including phenoxy) is 1. The van der Waals surface area contributed by atoms with Gasteiger partial charge in [0.05, 0.1) is 22.7 Å². The zero-order chi connectivity index (χ0) is 17.5. The molecular formula is C18H18Cl2N2O2. The van der Waals surface area contributed by atoms with Crippen molar-refractivity contribution in [2.45, 2.75) is 19.9 Å². The largest absolute Gasteiger partial charge is 0.465 e. The lowest BCUT2D eigenvalue weighted by molar-refractivity contribution is 0.0966. The molecule has 1 amide bonds. The van der Waals surface area contributed by atoms with Crippen molar-refractivity contribution in [2.24, 2.45) is 4.99 Å². The van der Waals surface area contributed by atoms with Crippen LogP contribution in [0.5, 0.6) is 0 Å². The van der Waals surface area contributed by atoms with Crippen molar-refractivity contribution in [1.29, 1.82) is 0 Å². The van der Waals surface area contributed by atoms with Crippen LogP contribution < -0.4 is 5.32 Å². The van der Waals surface area contributed by atoms with Crippen molar-refractivity contribution in [3.8, 4) is 0 Å². The molecule has 0 aliphatic heterocycles. The van der Waals surface area contributed by atoms with Gasteiger partial charge in [-0.2, -0.15) is 0 Å². The molecule has 0 bridgehead atoms. The first-order valence-corrected chi connectivity index (χ1v) is 8.28. The fraction of sp³-hybridized carbons (Fsp3) is 0.222. The van der Waals surface area contributed by atoms with Gasteiger partial charge in [-0.25, -0.2) is 4.99 Å². The van der Waals surface area contributed by atoms with Gasteiger partial charge in [0.25, 0.3) is 11.9 Å². The van der Waals surface area contributed by atoms with E-state index in [1.165, 1.54) is 6.07 Å². The van der Waals surface area contributed by atoms with Crippen LogP contribution >= 0.6 is 23.2 Å². The first kappa shape index (κ1) is 18.3. The minimum atomic E-state index is -0.360. The smallest absolute Gasteiger partial charge is 0.292 e. The molecule has 6 heteroatoms. The molecule has 0 aromatic heterocycles. The van der Waals surface area contributed by atoms with Gasteiger partial charge in [-0.1, -0.05) is 53.5 Å². The third-order valence-corrected chi connectivity index (χ3v) is 4.02. The van der Waals surface area contributed by atoms with E-state index in [-0.39, 0.29) is 18.0 Å². The predicted octanol–water partition coefficient (Wildman–Crippen LogP) is 4.88. The van der Waals surface area contributed by atoms with Gasteiger partial charge in [-0.3, -0.25) is 10.1 Å². The fourth-order valence-electron chi connectivity index (χ4n) is 2.03. The van der Waals surface area contributed by atoms with Crippen LogP contribution in [0.1, 0.15) is 35.8 Å². The summed E-state index contributed by atoms with van der Waals surface area (Å²) < 4.78 is 5.44. The zero-order valence-corrected chi connectivity index (χ0v) is 14.9. The predicted molar refractivity (Wildman–Crippen MR) is 97.8 cm³/mol. The lowest BCUT2D eigenvalue weighted by atomic mass is 10.1. The van der Waals surface area contributed by atoms with Gasteiger partial charge in [0.2, 0.25) is 0 Å². The van der Waals surface area contributed by atoms with Gasteiger partial charge in [0, 0.05) is 5.56 Å². The fourth-order valence-corrected chi connectivity index (χ4v) is 2.33. The Morgan fingerprint density at radius 3 is 2.50 bits per heavy atom. The molecular weight excluding hydrogens is 347 g/mol. The average Bonchev–Trinajstić information content (AvgIpc) is 2.58. The SMILES string of the molecule is CCOC(=N[C@H](C)c1ccccc1)NC(=O)c1ccc(Cl)c(Cl)c1. The van der Waals surface area contributed by atoms with Crippen molar-refractivity contribution >= 4 is 35.1 Å². The van der Waals surface area contributed by atoms with Crippen molar-refractivity contribution in [2.75, 3.05) is 6.61 Å². The number of nitrogens with one attached hydrogen (secondary N) is 1. The number of amidine groups is 1. The van der Waals surface area contributed by atoms with Gasteiger partial charge in [-0.15, -0.1) is 0 Å². The number of rotatable bonds is 4. The van der Waals surface area contributed by atoms with Crippen molar-refractivity contribution in [3.05, 3.63) is 69.7 Å². The van der Waals surface area contributed by atoms with Crippen molar-refractivity contribution in [1.82, 2.24) is 5.32 Å². The topological polar surface area (TPSA) is 50.7 Å². The Morgan fingerprint density at radius 1 is 1.17 bits per heavy atom. The van der Waals surface area contributed by atoms with Gasteiger partial charge in [0.15, 0.2) is 0 Å². The molecule has 0 heterocycles. The molecule has 126 valence electrons. The van der Waals surface area contributed by atoms with E-state index >= 15 is 0 Å². The average molecular weight is 365 g/mol. The second kappa shape index (κ2) is 8.71. The molecule has 1 N–H and O–H groups in total. The summed E-state index contributed by atoms with van der Waals surface area (Å²) in [7, 11) is 0. The highest BCUT2D eigenvalue weighted by Gasteiger charge is 2.13. The molecule has 0 fully saturated rings. The minimum absolute atomic E-state index is 0.151. The Labute approximate surface area is 151 Å². The van der Waals surface area contributed by atoms with Crippen molar-refractivity contribution in [3.63, 3.8) is 0 Å². The molecule has 0 unspecified atom stereocenters. The highest BCUT2D eigenvalue weighted by molar-refractivity contribution is 6.42. The molecule has 2 rings (SSSR count). The van der Waals surface area contributed by atoms with Crippen LogP contribution in [0, 0.1) is 0 Å². The van der Waals surface area contributed by atoms with E-state index in [0.717, 1.165) is 5.56 Å². The van der Waals surface area contributed by atoms with Crippen LogP contribution in [-0.4, -0.2) is 18.5 Å². The number of amides is 1. The summed E-state index contributed by atoms with van der Waals surface area (Å²) in [6, 6.07) is 14.4. The summed E-state index contributed by atoms with van der Waals surface area (Å²) in [5.41, 5.74) is 1.41. The first-order valence-electron chi connectivity index (χ1n) is 7.53. The molecule has 2 aromatic carbocycles. The van der Waals surface area contributed by atoms with E-state index in [1.54, 1.807) is 12.1 Å². The molecule has 0 aliphatic rings. The second-order valence-electron chi connectivity index (χ2n) is 5.04. The van der Waals surface area contributed by atoms with Crippen molar-refractivity contribution < 1.29 is 9.53 Å². The van der Waals surface area contributed by atoms with Gasteiger partial charge in [0.1, 0.15) is 0 Å². The van der Waals surface area contributed by atoms with Crippen LogP contribution in [0.15, 0.2) is 53.5 Å². The molecule has 0 saturated carbocycles. The first-order chi connectivity index (χ1) is 11.5. The van der Waals surface area contributed by atoms with E-state index in [9.17, 15) is 4.79 Å². The number of benzene rings is 2. The number of carbonyl (C=O) groups is 1. The monoisotopic (exact) mass is 364 g/mol. The molecule has 0 spiro atoms. The third-order valence-electron chi connectivity index (χ3n) is 3.28. The Bertz CT molecular complexity index is 733. The van der Waals surface area contributed by atoms with E-state index in [1.807, 2.05) is 44.2 Å². The molecule has 24 heavy (non-hydrogen) atoms. The number of aliphatic imine (C=N–C) groups is 1. The number of hydrogen-bond donors (Lipinski definition) is 1. The van der Waals surface area contributed by atoms with Crippen LogP contribution in [0.25, 0.3) is 0 Å². The maximum Gasteiger partial charge on any atom is 0.292 e. The summed E-state index contributed by atoms with van der Waals surface area (Å²) in [5.74, 6) is -0.360. The lowest BCUT2D eigenvalue weighted by Gasteiger charge is -2.13. The molecule has 0 saturated heterocycles. The van der Waals surface area contributed by atoms with E-state index < -0.39 is 0 Å². The summed E-state index contributed by atoms with van der Waals surface area (Å²) in [5, 5.41) is 3.38. The van der Waals surface area contributed by atoms with Gasteiger partial charge in [-0.05, 0) is 37.6 Å². The Hall–Kier alpha value is -2.04. The van der Waals surface area contributed by atoms with E-state index in [2.05, 4.69) is 10.3 Å². The van der Waals surface area contributed by atoms with Crippen LogP contribution in [0.4, 0.5) is 0 Å². The third kappa shape index (κ3) is 4.98. The summed E-state index contributed by atoms with van der Waals surface area (Å²) in [6.45, 7) is 4.15. The maximum absolute atomic E-state index is 12.3. The van der Waals surface area contributed by atoms with Crippen LogP contribution in [0.3, 0.4) is 0 Å². The molecule has 4 nitrogen and oxygen atoms in total. The number of halogens is 2. The lowest BCUT2D eigenvalue weighted by Crippen LogP contribution is -2.33. The molecule has 1 atom stereocenters. The van der Waals surface area contributed by atoms with Gasteiger partial charge < -0.3 is 4.74 Å². The van der Waals surface area contributed by atoms with Gasteiger partial charge >= 0.3 is 0 Å². The summed E-state index contributed by atoms with van der Waals surface area (Å²) in [6.07, 6.45) is 0. The molecule has 2 aromatic rings. The quantitative estimate of drug-likeness (QED) is 0.620. The standard InChI is InChI=1S/C18H18Cl2N2O2/c1-3-24-18(21-12(2)13-7-5-4-6-8-13)22-17(23)14-9-10-15(19)16(20)11-14/h4-12H,3H2,1-2H3,(H,21,22,23)/t12-/m1/s1. The maximum atomic E-state index is 12.3. The summed E-state index contributed by atoms with van der Waals surface area (Å²) >= 11 is 11.8. The number of hydrogen-bond acceptors (Lipinski definition) is 3. The zero-order valence-electron chi connectivity index (χ0n) is 13.4. The van der Waals surface area contributed by atoms with E-state index in [4.69, 9.17) is 27.9 Å². The Balaban J connectivity index is 2.16. The highest BCUT2D eigenvalue weighted by Crippen LogP contribution is 2.22. The number of nitrogens with zero attached hydrogens (tertiary/aromatic N) is 1. The summed E-state index contributed by atoms with van der Waals surface area (Å²) in [4.78, 5) is 16.8. The number of carbonyl (C=O) groups excluding carboxylic acids is 1. The molecule has 0 aliphatic carbocycles. The normalized spacial score (nSPS) is 12.6. The van der Waals surface area contributed by atoms with Crippen LogP contribution in [-0.2, 0) is 4.74 Å². The Kier molecular flexibility index (Phi) is 6.64. The molecule has 0 radical (unpaired) electrons. The highest BCUT2D eigenvalue weighted by atomic mass is 35.5. The van der Waals surface area contributed by atoms with Crippen LogP contribution in [0.2, 0.25) is 10.0 Å². The minimum Gasteiger partial charge on any atom is -0.465 e. The second-order valence-corrected chi connectivity index (χ2v) is 5.85. The van der Waals surface area contributed by atoms with E-state index in [0.29, 0.717) is 22.2 Å². The Morgan fingerprint density at radius 2 is 1.88 bits per heavy atom.